The second-order valence-corrected chi connectivity index (χ2v) is 3.11. The van der Waals surface area contributed by atoms with E-state index in [0.29, 0.717) is 5.69 Å². The number of hydrogen-bond donors (Lipinski definition) is 1. The van der Waals surface area contributed by atoms with E-state index in [4.69, 9.17) is 5.11 Å². The predicted octanol–water partition coefficient (Wildman–Crippen LogP) is 1.90. The maximum Gasteiger partial charge on any atom is 0.313 e. The van der Waals surface area contributed by atoms with Crippen LogP contribution in [0, 0.1) is 5.92 Å². The number of carbonyl (C=O) groups is 1. The molecule has 0 heterocycles. The molecular formula is C11H13NO3. The zero-order valence-electron chi connectivity index (χ0n) is 8.68. The van der Waals surface area contributed by atoms with Crippen LogP contribution in [-0.4, -0.2) is 24.4 Å². The van der Waals surface area contributed by atoms with Crippen LogP contribution in [-0.2, 0) is 9.53 Å². The molecule has 0 spiro atoms. The maximum absolute atomic E-state index is 11.0. The summed E-state index contributed by atoms with van der Waals surface area (Å²) in [5, 5.41) is 9.17. The molecule has 80 valence electrons. The van der Waals surface area contributed by atoms with Gasteiger partial charge in [0.15, 0.2) is 0 Å². The highest BCUT2D eigenvalue weighted by Crippen LogP contribution is 2.18. The normalized spacial score (nSPS) is 12.7. The zero-order chi connectivity index (χ0) is 11.3. The Bertz CT molecular complexity index is 374. The lowest BCUT2D eigenvalue weighted by Gasteiger charge is -2.01. The molecule has 1 aromatic rings. The molecule has 1 N–H and O–H groups in total. The maximum atomic E-state index is 11.0. The van der Waals surface area contributed by atoms with Crippen molar-refractivity contribution in [2.24, 2.45) is 10.9 Å². The summed E-state index contributed by atoms with van der Waals surface area (Å²) in [6.07, 6.45) is 1.49. The number of hydrogen-bond acceptors (Lipinski definition) is 4. The summed E-state index contributed by atoms with van der Waals surface area (Å²) in [5.41, 5.74) is 0.603. The Morgan fingerprint density at radius 3 is 2.93 bits per heavy atom. The number of ether oxygens (including phenoxy) is 1. The number of phenolic OH excluding ortho intramolecular Hbond substituents is 1. The van der Waals surface area contributed by atoms with Crippen molar-refractivity contribution < 1.29 is 14.6 Å². The molecule has 0 bridgehead atoms. The standard InChI is InChI=1S/C11H13NO3/c1-8(11(14)15-2)7-12-9-4-3-5-10(13)6-9/h3-8,13H,1-2H3. The Hall–Kier alpha value is -1.84. The van der Waals surface area contributed by atoms with Crippen LogP contribution in [0.1, 0.15) is 6.92 Å². The average Bonchev–Trinajstić information content (AvgIpc) is 2.25. The van der Waals surface area contributed by atoms with E-state index in [-0.39, 0.29) is 11.7 Å². The Morgan fingerprint density at radius 1 is 1.60 bits per heavy atom. The summed E-state index contributed by atoms with van der Waals surface area (Å²) in [4.78, 5) is 15.1. The van der Waals surface area contributed by atoms with Crippen molar-refractivity contribution in [3.05, 3.63) is 24.3 Å². The molecule has 0 fully saturated rings. The van der Waals surface area contributed by atoms with Gasteiger partial charge in [-0.25, -0.2) is 0 Å². The molecule has 0 saturated heterocycles. The minimum atomic E-state index is -0.391. The number of benzene rings is 1. The third-order valence-electron chi connectivity index (χ3n) is 1.85. The Kier molecular flexibility index (Phi) is 3.85. The van der Waals surface area contributed by atoms with E-state index in [1.54, 1.807) is 25.1 Å². The van der Waals surface area contributed by atoms with Crippen molar-refractivity contribution in [2.75, 3.05) is 7.11 Å². The number of aliphatic imine (C=N–C) groups is 1. The third kappa shape index (κ3) is 3.42. The SMILES string of the molecule is COC(=O)C(C)C=Nc1cccc(O)c1. The van der Waals surface area contributed by atoms with Gasteiger partial charge in [-0.3, -0.25) is 9.79 Å². The lowest BCUT2D eigenvalue weighted by Crippen LogP contribution is -2.13. The van der Waals surface area contributed by atoms with Gasteiger partial charge in [0, 0.05) is 12.3 Å². The van der Waals surface area contributed by atoms with E-state index in [1.165, 1.54) is 19.4 Å². The summed E-state index contributed by atoms with van der Waals surface area (Å²) in [6.45, 7) is 1.69. The number of methoxy groups -OCH3 is 1. The minimum absolute atomic E-state index is 0.148. The van der Waals surface area contributed by atoms with E-state index in [2.05, 4.69) is 9.73 Å². The molecule has 0 saturated carbocycles. The summed E-state index contributed by atoms with van der Waals surface area (Å²) in [7, 11) is 1.33. The number of carbonyl (C=O) groups excluding carboxylic acids is 1. The van der Waals surface area contributed by atoms with Crippen LogP contribution in [0.5, 0.6) is 5.75 Å². The van der Waals surface area contributed by atoms with E-state index in [9.17, 15) is 4.79 Å². The predicted molar refractivity (Wildman–Crippen MR) is 57.4 cm³/mol. The topological polar surface area (TPSA) is 58.9 Å². The molecule has 1 atom stereocenters. The smallest absolute Gasteiger partial charge is 0.313 e. The second-order valence-electron chi connectivity index (χ2n) is 3.11. The Labute approximate surface area is 88.2 Å². The summed E-state index contributed by atoms with van der Waals surface area (Å²) < 4.78 is 4.54. The van der Waals surface area contributed by atoms with Crippen LogP contribution in [0.2, 0.25) is 0 Å². The zero-order valence-corrected chi connectivity index (χ0v) is 8.68. The fraction of sp³-hybridized carbons (Fsp3) is 0.273. The summed E-state index contributed by atoms with van der Waals surface area (Å²) in [5.74, 6) is -0.577. The summed E-state index contributed by atoms with van der Waals surface area (Å²) >= 11 is 0. The lowest BCUT2D eigenvalue weighted by atomic mass is 10.2. The van der Waals surface area contributed by atoms with Gasteiger partial charge in [0.25, 0.3) is 0 Å². The first-order valence-electron chi connectivity index (χ1n) is 4.54. The highest BCUT2D eigenvalue weighted by atomic mass is 16.5. The van der Waals surface area contributed by atoms with Gasteiger partial charge in [0.05, 0.1) is 18.7 Å². The van der Waals surface area contributed by atoms with Gasteiger partial charge in [0.2, 0.25) is 0 Å². The Balaban J connectivity index is 2.69. The Morgan fingerprint density at radius 2 is 2.33 bits per heavy atom. The van der Waals surface area contributed by atoms with Gasteiger partial charge < -0.3 is 9.84 Å². The quantitative estimate of drug-likeness (QED) is 0.608. The number of phenols is 1. The summed E-state index contributed by atoms with van der Waals surface area (Å²) in [6, 6.07) is 6.49. The molecular weight excluding hydrogens is 194 g/mol. The molecule has 0 amide bonds. The first kappa shape index (κ1) is 11.2. The van der Waals surface area contributed by atoms with Crippen molar-refractivity contribution in [1.82, 2.24) is 0 Å². The number of aromatic hydroxyl groups is 1. The number of rotatable bonds is 3. The largest absolute Gasteiger partial charge is 0.508 e. The fourth-order valence-corrected chi connectivity index (χ4v) is 1.02. The van der Waals surface area contributed by atoms with Gasteiger partial charge in [-0.1, -0.05) is 6.07 Å². The van der Waals surface area contributed by atoms with Gasteiger partial charge in [-0.05, 0) is 19.1 Å². The first-order valence-corrected chi connectivity index (χ1v) is 4.54. The minimum Gasteiger partial charge on any atom is -0.508 e. The molecule has 0 aromatic heterocycles. The van der Waals surface area contributed by atoms with Crippen LogP contribution < -0.4 is 0 Å². The molecule has 15 heavy (non-hydrogen) atoms. The molecule has 4 nitrogen and oxygen atoms in total. The number of nitrogens with zero attached hydrogens (tertiary/aromatic N) is 1. The van der Waals surface area contributed by atoms with Crippen molar-refractivity contribution in [3.8, 4) is 5.75 Å². The van der Waals surface area contributed by atoms with Crippen LogP contribution >= 0.6 is 0 Å². The number of esters is 1. The van der Waals surface area contributed by atoms with E-state index < -0.39 is 5.92 Å². The van der Waals surface area contributed by atoms with Crippen molar-refractivity contribution in [3.63, 3.8) is 0 Å². The van der Waals surface area contributed by atoms with Gasteiger partial charge in [-0.2, -0.15) is 0 Å². The van der Waals surface area contributed by atoms with Gasteiger partial charge in [0.1, 0.15) is 5.75 Å². The fourth-order valence-electron chi connectivity index (χ4n) is 1.02. The third-order valence-corrected chi connectivity index (χ3v) is 1.85. The average molecular weight is 207 g/mol. The van der Waals surface area contributed by atoms with Crippen LogP contribution in [0.4, 0.5) is 5.69 Å². The molecule has 0 aliphatic heterocycles. The van der Waals surface area contributed by atoms with Gasteiger partial charge in [-0.15, -0.1) is 0 Å². The molecule has 1 rings (SSSR count). The van der Waals surface area contributed by atoms with Crippen molar-refractivity contribution in [2.45, 2.75) is 6.92 Å². The molecule has 1 unspecified atom stereocenters. The van der Waals surface area contributed by atoms with Crippen LogP contribution in [0.15, 0.2) is 29.3 Å². The van der Waals surface area contributed by atoms with E-state index in [0.717, 1.165) is 0 Å². The van der Waals surface area contributed by atoms with E-state index >= 15 is 0 Å². The lowest BCUT2D eigenvalue weighted by molar-refractivity contribution is -0.142. The van der Waals surface area contributed by atoms with Crippen molar-refractivity contribution in [1.29, 1.82) is 0 Å². The monoisotopic (exact) mass is 207 g/mol. The first-order chi connectivity index (χ1) is 7.13. The van der Waals surface area contributed by atoms with Gasteiger partial charge >= 0.3 is 5.97 Å². The van der Waals surface area contributed by atoms with Crippen LogP contribution in [0.3, 0.4) is 0 Å². The van der Waals surface area contributed by atoms with E-state index in [1.807, 2.05) is 0 Å². The molecule has 0 radical (unpaired) electrons. The molecule has 1 aromatic carbocycles. The highest BCUT2D eigenvalue weighted by Gasteiger charge is 2.09. The molecule has 0 aliphatic carbocycles. The molecule has 0 aliphatic rings. The highest BCUT2D eigenvalue weighted by molar-refractivity contribution is 5.90. The van der Waals surface area contributed by atoms with Crippen molar-refractivity contribution >= 4 is 17.9 Å². The second kappa shape index (κ2) is 5.14. The molecule has 4 heteroatoms. The van der Waals surface area contributed by atoms with Crippen LogP contribution in [0.25, 0.3) is 0 Å².